The summed E-state index contributed by atoms with van der Waals surface area (Å²) in [6.45, 7) is 7.02. The number of unbranched alkanes of at least 4 members (excludes halogenated alkanes) is 5. The van der Waals surface area contributed by atoms with Gasteiger partial charge in [0.2, 0.25) is 0 Å². The lowest BCUT2D eigenvalue weighted by molar-refractivity contribution is -0.176. The smallest absolute Gasteiger partial charge is 0.323 e. The molecule has 1 heterocycles. The van der Waals surface area contributed by atoms with Gasteiger partial charge in [0, 0.05) is 13.2 Å². The van der Waals surface area contributed by atoms with E-state index in [1.165, 1.54) is 44.1 Å². The van der Waals surface area contributed by atoms with Crippen molar-refractivity contribution in [3.05, 3.63) is 35.4 Å². The fraction of sp³-hybridized carbons (Fsp3) is 0.742. The van der Waals surface area contributed by atoms with Gasteiger partial charge in [0.05, 0.1) is 6.10 Å². The van der Waals surface area contributed by atoms with Crippen molar-refractivity contribution < 1.29 is 28.9 Å². The average Bonchev–Trinajstić information content (AvgIpc) is 2.91. The van der Waals surface area contributed by atoms with E-state index in [9.17, 15) is 14.7 Å². The molecule has 1 saturated heterocycles. The molecular formula is C31H50O6. The molecule has 0 spiro atoms. The van der Waals surface area contributed by atoms with Crippen LogP contribution in [0.25, 0.3) is 0 Å². The zero-order valence-electron chi connectivity index (χ0n) is 23.5. The Balaban J connectivity index is 1.96. The summed E-state index contributed by atoms with van der Waals surface area (Å²) in [5.74, 6) is -1.75. The molecule has 0 amide bonds. The first-order valence-corrected chi connectivity index (χ1v) is 14.7. The molecule has 1 aromatic carbocycles. The molecule has 0 saturated carbocycles. The Bertz CT molecular complexity index is 770. The predicted octanol–water partition coefficient (Wildman–Crippen LogP) is 7.26. The Morgan fingerprint density at radius 3 is 2.27 bits per heavy atom. The van der Waals surface area contributed by atoms with Crippen molar-refractivity contribution >= 4 is 11.9 Å². The van der Waals surface area contributed by atoms with Crippen molar-refractivity contribution in [1.29, 1.82) is 0 Å². The molecule has 6 nitrogen and oxygen atoms in total. The Labute approximate surface area is 224 Å². The summed E-state index contributed by atoms with van der Waals surface area (Å²) in [7, 11) is 0. The number of aryl methyl sites for hydroxylation is 2. The molecule has 1 fully saturated rings. The van der Waals surface area contributed by atoms with Crippen molar-refractivity contribution in [3.8, 4) is 0 Å². The zero-order valence-corrected chi connectivity index (χ0v) is 23.5. The minimum atomic E-state index is -1.59. The van der Waals surface area contributed by atoms with Crippen LogP contribution in [-0.4, -0.2) is 42.7 Å². The Kier molecular flexibility index (Phi) is 14.9. The van der Waals surface area contributed by atoms with Crippen LogP contribution in [0.1, 0.15) is 115 Å². The minimum absolute atomic E-state index is 0.181. The Morgan fingerprint density at radius 2 is 1.65 bits per heavy atom. The number of ether oxygens (including phenoxy) is 3. The van der Waals surface area contributed by atoms with Crippen LogP contribution in [0.2, 0.25) is 0 Å². The summed E-state index contributed by atoms with van der Waals surface area (Å²) in [6, 6.07) is 8.42. The van der Waals surface area contributed by atoms with Crippen LogP contribution in [-0.2, 0) is 36.6 Å². The monoisotopic (exact) mass is 518 g/mol. The maximum absolute atomic E-state index is 13.2. The lowest BCUT2D eigenvalue weighted by atomic mass is 9.78. The second kappa shape index (κ2) is 17.6. The van der Waals surface area contributed by atoms with E-state index in [1.807, 2.05) is 6.92 Å². The third-order valence-corrected chi connectivity index (χ3v) is 7.56. The molecule has 3 unspecified atom stereocenters. The first-order valence-electron chi connectivity index (χ1n) is 14.7. The molecule has 1 aliphatic heterocycles. The van der Waals surface area contributed by atoms with E-state index in [0.29, 0.717) is 32.5 Å². The Hall–Kier alpha value is -1.92. The topological polar surface area (TPSA) is 82.1 Å². The number of carboxylic acid groups (broad SMARTS) is 1. The normalized spacial score (nSPS) is 18.2. The molecule has 2 rings (SSSR count). The highest BCUT2D eigenvalue weighted by atomic mass is 16.7. The first kappa shape index (κ1) is 31.3. The summed E-state index contributed by atoms with van der Waals surface area (Å²) in [5.41, 5.74) is 0.764. The number of hydrogen-bond acceptors (Lipinski definition) is 5. The van der Waals surface area contributed by atoms with Gasteiger partial charge in [-0.1, -0.05) is 70.2 Å². The standard InChI is InChI=1S/C31H50O6/c1-4-6-7-8-9-10-14-26-16-18-27(19-17-26)20-22-31(29(32)33,30(34)37-25(3)5-2)21-13-24-36-28-15-11-12-23-35-28/h16-19,25,28H,4-15,20-24H2,1-3H3,(H,32,33). The van der Waals surface area contributed by atoms with Crippen LogP contribution < -0.4 is 0 Å². The minimum Gasteiger partial charge on any atom is -0.480 e. The first-order chi connectivity index (χ1) is 17.9. The number of aliphatic carboxylic acids is 1. The van der Waals surface area contributed by atoms with E-state index in [1.54, 1.807) is 6.92 Å². The molecule has 3 atom stereocenters. The van der Waals surface area contributed by atoms with Gasteiger partial charge in [-0.15, -0.1) is 0 Å². The third-order valence-electron chi connectivity index (χ3n) is 7.56. The van der Waals surface area contributed by atoms with Gasteiger partial charge in [0.15, 0.2) is 11.7 Å². The summed E-state index contributed by atoms with van der Waals surface area (Å²) in [5, 5.41) is 10.3. The Morgan fingerprint density at radius 1 is 0.973 bits per heavy atom. The van der Waals surface area contributed by atoms with Crippen molar-refractivity contribution in [1.82, 2.24) is 0 Å². The van der Waals surface area contributed by atoms with Gasteiger partial charge >= 0.3 is 11.9 Å². The number of carbonyl (C=O) groups is 2. The largest absolute Gasteiger partial charge is 0.480 e. The maximum atomic E-state index is 13.2. The fourth-order valence-electron chi connectivity index (χ4n) is 4.78. The quantitative estimate of drug-likeness (QED) is 0.118. The van der Waals surface area contributed by atoms with Gasteiger partial charge in [0.1, 0.15) is 0 Å². The van der Waals surface area contributed by atoms with Gasteiger partial charge in [-0.2, -0.15) is 0 Å². The SMILES string of the molecule is CCCCCCCCc1ccc(CCC(CCCOC2CCCCO2)(C(=O)O)C(=O)OC(C)CC)cc1. The number of carboxylic acids is 1. The van der Waals surface area contributed by atoms with E-state index < -0.39 is 17.4 Å². The maximum Gasteiger partial charge on any atom is 0.323 e. The lowest BCUT2D eigenvalue weighted by Crippen LogP contribution is -2.42. The van der Waals surface area contributed by atoms with Gasteiger partial charge < -0.3 is 19.3 Å². The van der Waals surface area contributed by atoms with Crippen LogP contribution in [0.3, 0.4) is 0 Å². The average molecular weight is 519 g/mol. The number of hydrogen-bond donors (Lipinski definition) is 1. The molecule has 37 heavy (non-hydrogen) atoms. The van der Waals surface area contributed by atoms with E-state index in [0.717, 1.165) is 31.2 Å². The lowest BCUT2D eigenvalue weighted by Gasteiger charge is -2.29. The molecule has 6 heteroatoms. The highest BCUT2D eigenvalue weighted by Crippen LogP contribution is 2.33. The number of carbonyl (C=O) groups excluding carboxylic acids is 1. The molecule has 1 aliphatic rings. The van der Waals surface area contributed by atoms with Crippen LogP contribution in [0.5, 0.6) is 0 Å². The predicted molar refractivity (Wildman–Crippen MR) is 147 cm³/mol. The van der Waals surface area contributed by atoms with Crippen LogP contribution in [0.15, 0.2) is 24.3 Å². The molecular weight excluding hydrogens is 468 g/mol. The summed E-state index contributed by atoms with van der Waals surface area (Å²) >= 11 is 0. The van der Waals surface area contributed by atoms with Crippen molar-refractivity contribution in [2.24, 2.45) is 5.41 Å². The number of rotatable bonds is 19. The zero-order chi connectivity index (χ0) is 26.9. The van der Waals surface area contributed by atoms with Gasteiger partial charge in [0.25, 0.3) is 0 Å². The molecule has 210 valence electrons. The van der Waals surface area contributed by atoms with E-state index in [-0.39, 0.29) is 25.2 Å². The molecule has 1 N–H and O–H groups in total. The molecule has 0 bridgehead atoms. The second-order valence-corrected chi connectivity index (χ2v) is 10.6. The van der Waals surface area contributed by atoms with Crippen LogP contribution >= 0.6 is 0 Å². The highest BCUT2D eigenvalue weighted by molar-refractivity contribution is 5.99. The second-order valence-electron chi connectivity index (χ2n) is 10.6. The van der Waals surface area contributed by atoms with Crippen molar-refractivity contribution in [3.63, 3.8) is 0 Å². The summed E-state index contributed by atoms with van der Waals surface area (Å²) in [4.78, 5) is 25.7. The van der Waals surface area contributed by atoms with E-state index in [2.05, 4.69) is 31.2 Å². The van der Waals surface area contributed by atoms with Crippen LogP contribution in [0, 0.1) is 5.41 Å². The molecule has 0 radical (unpaired) electrons. The molecule has 1 aromatic rings. The number of benzene rings is 1. The van der Waals surface area contributed by atoms with Gasteiger partial charge in [-0.3, -0.25) is 9.59 Å². The highest BCUT2D eigenvalue weighted by Gasteiger charge is 2.47. The third kappa shape index (κ3) is 11.2. The number of esters is 1. The van der Waals surface area contributed by atoms with Crippen LogP contribution in [0.4, 0.5) is 0 Å². The van der Waals surface area contributed by atoms with Gasteiger partial charge in [-0.25, -0.2) is 0 Å². The summed E-state index contributed by atoms with van der Waals surface area (Å²) in [6.07, 6.45) is 13.1. The molecule has 0 aromatic heterocycles. The van der Waals surface area contributed by atoms with E-state index >= 15 is 0 Å². The summed E-state index contributed by atoms with van der Waals surface area (Å²) < 4.78 is 17.0. The van der Waals surface area contributed by atoms with Crippen molar-refractivity contribution in [2.75, 3.05) is 13.2 Å². The van der Waals surface area contributed by atoms with E-state index in [4.69, 9.17) is 14.2 Å². The van der Waals surface area contributed by atoms with Gasteiger partial charge in [-0.05, 0) is 82.3 Å². The fourth-order valence-corrected chi connectivity index (χ4v) is 4.78. The molecule has 0 aliphatic carbocycles. The van der Waals surface area contributed by atoms with Crippen molar-refractivity contribution in [2.45, 2.75) is 129 Å².